The average Bonchev–Trinajstić information content (AvgIpc) is 2.43. The number of nitrogen functional groups attached to an aromatic ring is 1. The zero-order chi connectivity index (χ0) is 15.1. The van der Waals surface area contributed by atoms with Crippen molar-refractivity contribution in [3.05, 3.63) is 22.8 Å². The maximum atomic E-state index is 12.5. The molecule has 6 nitrogen and oxygen atoms in total. The first kappa shape index (κ1) is 16.7. The SMILES string of the molecule is COCCN(CC(C)C)C(=O)c1nc(NN)ccc1Cl. The van der Waals surface area contributed by atoms with Crippen LogP contribution < -0.4 is 11.3 Å². The highest BCUT2D eigenvalue weighted by Gasteiger charge is 2.21. The smallest absolute Gasteiger partial charge is 0.274 e. The average molecular weight is 301 g/mol. The molecule has 20 heavy (non-hydrogen) atoms. The molecule has 0 aliphatic heterocycles. The van der Waals surface area contributed by atoms with Gasteiger partial charge in [0.15, 0.2) is 0 Å². The van der Waals surface area contributed by atoms with Crippen molar-refractivity contribution in [2.45, 2.75) is 13.8 Å². The zero-order valence-electron chi connectivity index (χ0n) is 12.0. The molecule has 0 radical (unpaired) electrons. The van der Waals surface area contributed by atoms with Gasteiger partial charge in [-0.05, 0) is 18.1 Å². The molecule has 0 unspecified atom stereocenters. The third kappa shape index (κ3) is 4.63. The van der Waals surface area contributed by atoms with Gasteiger partial charge in [-0.1, -0.05) is 25.4 Å². The van der Waals surface area contributed by atoms with Gasteiger partial charge in [-0.15, -0.1) is 0 Å². The highest BCUT2D eigenvalue weighted by atomic mass is 35.5. The number of aromatic nitrogens is 1. The second-order valence-electron chi connectivity index (χ2n) is 4.81. The molecule has 112 valence electrons. The van der Waals surface area contributed by atoms with Crippen molar-refractivity contribution in [3.63, 3.8) is 0 Å². The van der Waals surface area contributed by atoms with Crippen molar-refractivity contribution in [2.24, 2.45) is 11.8 Å². The normalized spacial score (nSPS) is 10.7. The van der Waals surface area contributed by atoms with Gasteiger partial charge in [0, 0.05) is 20.2 Å². The Kier molecular flexibility index (Phi) is 6.70. The van der Waals surface area contributed by atoms with Crippen LogP contribution >= 0.6 is 11.6 Å². The van der Waals surface area contributed by atoms with E-state index in [0.717, 1.165) is 0 Å². The topological polar surface area (TPSA) is 80.5 Å². The predicted molar refractivity (Wildman–Crippen MR) is 79.7 cm³/mol. The van der Waals surface area contributed by atoms with Gasteiger partial charge in [-0.3, -0.25) is 4.79 Å². The minimum atomic E-state index is -0.224. The quantitative estimate of drug-likeness (QED) is 0.592. The molecule has 1 aromatic heterocycles. The van der Waals surface area contributed by atoms with Crippen molar-refractivity contribution in [1.82, 2.24) is 9.88 Å². The van der Waals surface area contributed by atoms with Gasteiger partial charge in [0.2, 0.25) is 0 Å². The maximum absolute atomic E-state index is 12.5. The molecule has 1 amide bonds. The third-order valence-electron chi connectivity index (χ3n) is 2.63. The van der Waals surface area contributed by atoms with Crippen molar-refractivity contribution in [2.75, 3.05) is 32.2 Å². The van der Waals surface area contributed by atoms with Crippen LogP contribution in [-0.4, -0.2) is 42.6 Å². The number of nitrogens with one attached hydrogen (secondary N) is 1. The van der Waals surface area contributed by atoms with E-state index < -0.39 is 0 Å². The molecule has 0 spiro atoms. The zero-order valence-corrected chi connectivity index (χ0v) is 12.8. The number of carbonyl (C=O) groups excluding carboxylic acids is 1. The van der Waals surface area contributed by atoms with Crippen molar-refractivity contribution < 1.29 is 9.53 Å². The number of anilines is 1. The summed E-state index contributed by atoms with van der Waals surface area (Å²) >= 11 is 6.05. The summed E-state index contributed by atoms with van der Waals surface area (Å²) in [6.07, 6.45) is 0. The second-order valence-corrected chi connectivity index (χ2v) is 5.22. The van der Waals surface area contributed by atoms with Gasteiger partial charge in [0.05, 0.1) is 11.6 Å². The minimum Gasteiger partial charge on any atom is -0.383 e. The summed E-state index contributed by atoms with van der Waals surface area (Å²) in [5.41, 5.74) is 2.60. The summed E-state index contributed by atoms with van der Waals surface area (Å²) in [4.78, 5) is 18.3. The highest BCUT2D eigenvalue weighted by Crippen LogP contribution is 2.18. The molecule has 0 aromatic carbocycles. The summed E-state index contributed by atoms with van der Waals surface area (Å²) in [5, 5.41) is 0.306. The van der Waals surface area contributed by atoms with Crippen LogP contribution in [0.5, 0.6) is 0 Å². The van der Waals surface area contributed by atoms with Crippen LogP contribution in [0.15, 0.2) is 12.1 Å². The number of ether oxygens (including phenoxy) is 1. The number of rotatable bonds is 7. The van der Waals surface area contributed by atoms with Gasteiger partial charge in [-0.25, -0.2) is 10.8 Å². The summed E-state index contributed by atoms with van der Waals surface area (Å²) in [5.74, 6) is 5.82. The Morgan fingerprint density at radius 1 is 1.55 bits per heavy atom. The molecule has 0 fully saturated rings. The number of methoxy groups -OCH3 is 1. The number of nitrogens with zero attached hydrogens (tertiary/aromatic N) is 2. The van der Waals surface area contributed by atoms with Crippen LogP contribution in [0.25, 0.3) is 0 Å². The number of halogens is 1. The number of amides is 1. The van der Waals surface area contributed by atoms with Gasteiger partial charge in [0.25, 0.3) is 5.91 Å². The van der Waals surface area contributed by atoms with Crippen molar-refractivity contribution >= 4 is 23.3 Å². The monoisotopic (exact) mass is 300 g/mol. The van der Waals surface area contributed by atoms with Crippen LogP contribution in [0.4, 0.5) is 5.82 Å². The first-order valence-electron chi connectivity index (χ1n) is 6.41. The fourth-order valence-electron chi connectivity index (χ4n) is 1.74. The molecular formula is C13H21ClN4O2. The lowest BCUT2D eigenvalue weighted by Gasteiger charge is -2.24. The van der Waals surface area contributed by atoms with Gasteiger partial charge >= 0.3 is 0 Å². The summed E-state index contributed by atoms with van der Waals surface area (Å²) < 4.78 is 5.04. The predicted octanol–water partition coefficient (Wildman–Crippen LogP) is 1.77. The molecule has 0 aliphatic rings. The number of carbonyl (C=O) groups is 1. The lowest BCUT2D eigenvalue weighted by atomic mass is 10.2. The van der Waals surface area contributed by atoms with Gasteiger partial charge in [0.1, 0.15) is 11.5 Å². The highest BCUT2D eigenvalue weighted by molar-refractivity contribution is 6.33. The van der Waals surface area contributed by atoms with Gasteiger partial charge < -0.3 is 15.1 Å². The fraction of sp³-hybridized carbons (Fsp3) is 0.538. The van der Waals surface area contributed by atoms with E-state index >= 15 is 0 Å². The lowest BCUT2D eigenvalue weighted by Crippen LogP contribution is -2.37. The number of hydrazine groups is 1. The van der Waals surface area contributed by atoms with Crippen LogP contribution in [0.1, 0.15) is 24.3 Å². The molecule has 0 bridgehead atoms. The van der Waals surface area contributed by atoms with Crippen LogP contribution in [0, 0.1) is 5.92 Å². The second kappa shape index (κ2) is 8.04. The van der Waals surface area contributed by atoms with Gasteiger partial charge in [-0.2, -0.15) is 0 Å². The fourth-order valence-corrected chi connectivity index (χ4v) is 1.93. The maximum Gasteiger partial charge on any atom is 0.274 e. The Morgan fingerprint density at radius 2 is 2.25 bits per heavy atom. The van der Waals surface area contributed by atoms with Crippen molar-refractivity contribution in [1.29, 1.82) is 0 Å². The van der Waals surface area contributed by atoms with E-state index in [1.54, 1.807) is 24.1 Å². The lowest BCUT2D eigenvalue weighted by molar-refractivity contribution is 0.0667. The molecule has 0 aliphatic carbocycles. The Labute approximate surface area is 124 Å². The third-order valence-corrected chi connectivity index (χ3v) is 2.94. The summed E-state index contributed by atoms with van der Waals surface area (Å²) in [7, 11) is 1.60. The molecule has 7 heteroatoms. The van der Waals surface area contributed by atoms with E-state index in [0.29, 0.717) is 36.5 Å². The van der Waals surface area contributed by atoms with E-state index in [2.05, 4.69) is 10.4 Å². The van der Waals surface area contributed by atoms with Crippen LogP contribution in [0.3, 0.4) is 0 Å². The molecule has 0 saturated carbocycles. The number of nitrogens with two attached hydrogens (primary N) is 1. The van der Waals surface area contributed by atoms with Crippen molar-refractivity contribution in [3.8, 4) is 0 Å². The molecule has 1 rings (SSSR count). The summed E-state index contributed by atoms with van der Waals surface area (Å²) in [6.45, 7) is 5.65. The summed E-state index contributed by atoms with van der Waals surface area (Å²) in [6, 6.07) is 3.21. The molecule has 0 atom stereocenters. The van der Waals surface area contributed by atoms with E-state index in [1.165, 1.54) is 0 Å². The molecule has 1 aromatic rings. The van der Waals surface area contributed by atoms with Crippen LogP contribution in [0.2, 0.25) is 5.02 Å². The largest absolute Gasteiger partial charge is 0.383 e. The Morgan fingerprint density at radius 3 is 2.80 bits per heavy atom. The number of hydrogen-bond acceptors (Lipinski definition) is 5. The number of hydrogen-bond donors (Lipinski definition) is 2. The Hall–Kier alpha value is -1.37. The van der Waals surface area contributed by atoms with E-state index in [-0.39, 0.29) is 11.6 Å². The van der Waals surface area contributed by atoms with Crippen LogP contribution in [-0.2, 0) is 4.74 Å². The molecule has 1 heterocycles. The molecular weight excluding hydrogens is 280 g/mol. The Balaban J connectivity index is 2.97. The molecule has 0 saturated heterocycles. The molecule has 3 N–H and O–H groups in total. The minimum absolute atomic E-state index is 0.193. The number of pyridine rings is 1. The van der Waals surface area contributed by atoms with E-state index in [1.807, 2.05) is 13.8 Å². The first-order valence-corrected chi connectivity index (χ1v) is 6.78. The Bertz CT molecular complexity index is 454. The van der Waals surface area contributed by atoms with E-state index in [9.17, 15) is 4.79 Å². The first-order chi connectivity index (χ1) is 9.49. The standard InChI is InChI=1S/C13H21ClN4O2/c1-9(2)8-18(6-7-20-3)13(19)12-10(14)4-5-11(16-12)17-15/h4-5,9H,6-8,15H2,1-3H3,(H,16,17). The van der Waals surface area contributed by atoms with E-state index in [4.69, 9.17) is 22.2 Å².